The maximum atomic E-state index is 14.5. The summed E-state index contributed by atoms with van der Waals surface area (Å²) in [4.78, 5) is 0. The third-order valence-corrected chi connectivity index (χ3v) is 6.97. The molecule has 194 valence electrons. The molecule has 0 saturated carbocycles. The quantitative estimate of drug-likeness (QED) is 0.181. The maximum Gasteiger partial charge on any atom is 0.128 e. The number of nitrogens with one attached hydrogen (secondary N) is 1. The summed E-state index contributed by atoms with van der Waals surface area (Å²) in [6.45, 7) is 6.85. The number of rotatable bonds is 11. The molecule has 0 fully saturated rings. The molecule has 0 unspecified atom stereocenters. The van der Waals surface area contributed by atoms with Crippen molar-refractivity contribution in [3.8, 4) is 22.4 Å². The number of halogens is 1. The lowest BCUT2D eigenvalue weighted by atomic mass is 9.97. The zero-order chi connectivity index (χ0) is 26.3. The number of para-hydroxylation sites is 1. The van der Waals surface area contributed by atoms with E-state index in [2.05, 4.69) is 95.7 Å². The number of ether oxygens (including phenoxy) is 1. The van der Waals surface area contributed by atoms with Crippen molar-refractivity contribution in [3.05, 3.63) is 114 Å². The summed E-state index contributed by atoms with van der Waals surface area (Å²) < 4.78 is 22.6. The molecule has 0 radical (unpaired) electrons. The summed E-state index contributed by atoms with van der Waals surface area (Å²) in [6.07, 6.45) is 1.69. The van der Waals surface area contributed by atoms with Gasteiger partial charge in [0, 0.05) is 41.9 Å². The number of nitrogens with zero attached hydrogens (tertiary/aromatic N) is 1. The van der Waals surface area contributed by atoms with Crippen molar-refractivity contribution in [1.29, 1.82) is 0 Å². The molecule has 1 aromatic heterocycles. The minimum atomic E-state index is -0.141. The molecular weight excluding hydrogens is 471 g/mol. The second-order valence-corrected chi connectivity index (χ2v) is 9.57. The van der Waals surface area contributed by atoms with E-state index in [0.717, 1.165) is 36.2 Å². The van der Waals surface area contributed by atoms with Crippen LogP contribution in [-0.4, -0.2) is 17.8 Å². The summed E-state index contributed by atoms with van der Waals surface area (Å²) in [7, 11) is 0. The van der Waals surface area contributed by atoms with Gasteiger partial charge in [-0.25, -0.2) is 4.39 Å². The molecule has 38 heavy (non-hydrogen) atoms. The molecule has 0 aliphatic heterocycles. The molecule has 0 saturated heterocycles. The van der Waals surface area contributed by atoms with E-state index in [-0.39, 0.29) is 5.82 Å². The fourth-order valence-corrected chi connectivity index (χ4v) is 5.19. The van der Waals surface area contributed by atoms with E-state index in [1.165, 1.54) is 33.3 Å². The number of hydrogen-bond donors (Lipinski definition) is 1. The first kappa shape index (κ1) is 25.7. The lowest BCUT2D eigenvalue weighted by Gasteiger charge is -2.14. The monoisotopic (exact) mass is 506 g/mol. The standard InChI is InChI=1S/C34H35FN2O/c1-3-11-26-18-19-29(23-31(26)35)36-24-25-12-10-15-28(22-25)33-30-16-8-9-17-32(30)37(20-21-38-4-2)34(33)27-13-6-5-7-14-27/h5-10,12-19,22-23,36H,3-4,11,20-21,24H2,1-2H3. The van der Waals surface area contributed by atoms with Gasteiger partial charge in [0.15, 0.2) is 0 Å². The van der Waals surface area contributed by atoms with Crippen LogP contribution in [0, 0.1) is 5.82 Å². The molecule has 4 heteroatoms. The molecule has 5 rings (SSSR count). The third kappa shape index (κ3) is 5.51. The highest BCUT2D eigenvalue weighted by Gasteiger charge is 2.20. The first-order valence-corrected chi connectivity index (χ1v) is 13.6. The first-order valence-electron chi connectivity index (χ1n) is 13.6. The van der Waals surface area contributed by atoms with Gasteiger partial charge in [0.25, 0.3) is 0 Å². The fourth-order valence-electron chi connectivity index (χ4n) is 5.19. The van der Waals surface area contributed by atoms with Crippen LogP contribution in [0.3, 0.4) is 0 Å². The first-order chi connectivity index (χ1) is 18.7. The SMILES string of the molecule is CCCc1ccc(NCc2cccc(-c3c(-c4ccccc4)n(CCOCC)c4ccccc34)c2)cc1F. The predicted molar refractivity (Wildman–Crippen MR) is 157 cm³/mol. The van der Waals surface area contributed by atoms with Crippen molar-refractivity contribution in [1.82, 2.24) is 4.57 Å². The second-order valence-electron chi connectivity index (χ2n) is 9.57. The number of aromatic nitrogens is 1. The zero-order valence-electron chi connectivity index (χ0n) is 22.2. The van der Waals surface area contributed by atoms with Crippen LogP contribution >= 0.6 is 0 Å². The molecule has 0 atom stereocenters. The highest BCUT2D eigenvalue weighted by Crippen LogP contribution is 2.41. The van der Waals surface area contributed by atoms with Gasteiger partial charge in [-0.15, -0.1) is 0 Å². The Morgan fingerprint density at radius 2 is 1.61 bits per heavy atom. The molecule has 0 bridgehead atoms. The van der Waals surface area contributed by atoms with Gasteiger partial charge in [0.1, 0.15) is 5.82 Å². The Labute approximate surface area is 224 Å². The van der Waals surface area contributed by atoms with E-state index in [9.17, 15) is 4.39 Å². The van der Waals surface area contributed by atoms with E-state index < -0.39 is 0 Å². The van der Waals surface area contributed by atoms with Crippen molar-refractivity contribution < 1.29 is 9.13 Å². The van der Waals surface area contributed by atoms with Gasteiger partial charge in [0.2, 0.25) is 0 Å². The maximum absolute atomic E-state index is 14.5. The molecule has 0 spiro atoms. The van der Waals surface area contributed by atoms with Gasteiger partial charge < -0.3 is 14.6 Å². The fraction of sp³-hybridized carbons (Fsp3) is 0.235. The summed E-state index contributed by atoms with van der Waals surface area (Å²) in [5.41, 5.74) is 8.68. The molecule has 1 heterocycles. The third-order valence-electron chi connectivity index (χ3n) is 6.97. The minimum absolute atomic E-state index is 0.141. The average Bonchev–Trinajstić information content (AvgIpc) is 3.28. The number of hydrogen-bond acceptors (Lipinski definition) is 2. The van der Waals surface area contributed by atoms with Crippen molar-refractivity contribution >= 4 is 16.6 Å². The van der Waals surface area contributed by atoms with Crippen LogP contribution in [0.25, 0.3) is 33.3 Å². The molecule has 1 N–H and O–H groups in total. The Bertz CT molecular complexity index is 1510. The Morgan fingerprint density at radius 3 is 2.39 bits per heavy atom. The van der Waals surface area contributed by atoms with Crippen LogP contribution in [0.1, 0.15) is 31.4 Å². The van der Waals surface area contributed by atoms with Gasteiger partial charge in [-0.2, -0.15) is 0 Å². The molecule has 3 nitrogen and oxygen atoms in total. The van der Waals surface area contributed by atoms with E-state index in [1.54, 1.807) is 6.07 Å². The van der Waals surface area contributed by atoms with Crippen LogP contribution in [0.2, 0.25) is 0 Å². The van der Waals surface area contributed by atoms with Crippen LogP contribution in [0.4, 0.5) is 10.1 Å². The molecule has 0 amide bonds. The smallest absolute Gasteiger partial charge is 0.128 e. The number of fused-ring (bicyclic) bond motifs is 1. The molecule has 0 aliphatic carbocycles. The van der Waals surface area contributed by atoms with Crippen molar-refractivity contribution in [2.75, 3.05) is 18.5 Å². The van der Waals surface area contributed by atoms with Crippen LogP contribution in [0.15, 0.2) is 97.1 Å². The zero-order valence-corrected chi connectivity index (χ0v) is 22.2. The van der Waals surface area contributed by atoms with Gasteiger partial charge in [-0.05, 0) is 59.9 Å². The van der Waals surface area contributed by atoms with Crippen LogP contribution in [-0.2, 0) is 24.2 Å². The Kier molecular flexibility index (Phi) is 8.20. The van der Waals surface area contributed by atoms with Gasteiger partial charge in [-0.1, -0.05) is 86.1 Å². The Morgan fingerprint density at radius 1 is 0.816 bits per heavy atom. The predicted octanol–water partition coefficient (Wildman–Crippen LogP) is 8.72. The van der Waals surface area contributed by atoms with Crippen molar-refractivity contribution in [2.24, 2.45) is 0 Å². The van der Waals surface area contributed by atoms with Crippen molar-refractivity contribution in [2.45, 2.75) is 39.8 Å². The Hall–Kier alpha value is -3.89. The number of benzene rings is 4. The van der Waals surface area contributed by atoms with Crippen LogP contribution in [0.5, 0.6) is 0 Å². The molecular formula is C34H35FN2O. The van der Waals surface area contributed by atoms with Crippen LogP contribution < -0.4 is 5.32 Å². The van der Waals surface area contributed by atoms with Gasteiger partial charge >= 0.3 is 0 Å². The van der Waals surface area contributed by atoms with E-state index in [4.69, 9.17) is 4.74 Å². The molecule has 0 aliphatic rings. The largest absolute Gasteiger partial charge is 0.381 e. The highest BCUT2D eigenvalue weighted by atomic mass is 19.1. The minimum Gasteiger partial charge on any atom is -0.381 e. The number of anilines is 1. The topological polar surface area (TPSA) is 26.2 Å². The number of aryl methyl sites for hydroxylation is 1. The van der Waals surface area contributed by atoms with E-state index >= 15 is 0 Å². The summed E-state index contributed by atoms with van der Waals surface area (Å²) in [5, 5.41) is 4.63. The van der Waals surface area contributed by atoms with Gasteiger partial charge in [0.05, 0.1) is 12.3 Å². The Balaban J connectivity index is 1.53. The van der Waals surface area contributed by atoms with Gasteiger partial charge in [-0.3, -0.25) is 0 Å². The van der Waals surface area contributed by atoms with E-state index in [1.807, 2.05) is 19.1 Å². The molecule has 4 aromatic carbocycles. The van der Waals surface area contributed by atoms with Crippen molar-refractivity contribution in [3.63, 3.8) is 0 Å². The lowest BCUT2D eigenvalue weighted by Crippen LogP contribution is -2.07. The lowest BCUT2D eigenvalue weighted by molar-refractivity contribution is 0.140. The second kappa shape index (κ2) is 12.1. The molecule has 5 aromatic rings. The summed E-state index contributed by atoms with van der Waals surface area (Å²) in [6, 6.07) is 33.3. The summed E-state index contributed by atoms with van der Waals surface area (Å²) in [5.74, 6) is -0.141. The average molecular weight is 507 g/mol. The summed E-state index contributed by atoms with van der Waals surface area (Å²) >= 11 is 0. The van der Waals surface area contributed by atoms with E-state index in [0.29, 0.717) is 19.8 Å². The normalized spacial score (nSPS) is 11.2. The highest BCUT2D eigenvalue weighted by molar-refractivity contribution is 6.04.